The van der Waals surface area contributed by atoms with E-state index in [2.05, 4.69) is 10.2 Å². The van der Waals surface area contributed by atoms with Crippen molar-refractivity contribution in [2.45, 2.75) is 45.3 Å². The number of aromatic carboxylic acids is 1. The molecule has 0 saturated carbocycles. The van der Waals surface area contributed by atoms with Crippen molar-refractivity contribution in [3.63, 3.8) is 0 Å². The number of thiophene rings is 1. The van der Waals surface area contributed by atoms with Crippen LogP contribution < -0.4 is 4.74 Å². The number of carboxylic acid groups (broad SMARTS) is 1. The highest BCUT2D eigenvalue weighted by atomic mass is 32.1. The summed E-state index contributed by atoms with van der Waals surface area (Å²) in [6, 6.07) is 7.80. The van der Waals surface area contributed by atoms with Gasteiger partial charge in [-0.05, 0) is 57.4 Å². The van der Waals surface area contributed by atoms with E-state index in [1.54, 1.807) is 23.1 Å². The monoisotopic (exact) mass is 473 g/mol. The molecule has 1 atom stereocenters. The minimum absolute atomic E-state index is 0.185. The molecule has 0 bridgehead atoms. The zero-order valence-corrected chi connectivity index (χ0v) is 19.3. The quantitative estimate of drug-likeness (QED) is 0.570. The van der Waals surface area contributed by atoms with Crippen molar-refractivity contribution >= 4 is 33.5 Å². The number of carbonyl (C=O) groups excluding carboxylic acids is 1. The molecule has 1 saturated heterocycles. The van der Waals surface area contributed by atoms with E-state index in [0.29, 0.717) is 40.0 Å². The molecule has 3 aromatic rings. The number of halogens is 1. The Bertz CT molecular complexity index is 1210. The summed E-state index contributed by atoms with van der Waals surface area (Å²) in [4.78, 5) is 26.4. The lowest BCUT2D eigenvalue weighted by atomic mass is 10.1. The fourth-order valence-corrected chi connectivity index (χ4v) is 4.74. The van der Waals surface area contributed by atoms with Gasteiger partial charge in [-0.3, -0.25) is 0 Å². The molecule has 1 aromatic carbocycles. The zero-order chi connectivity index (χ0) is 23.8. The number of carbonyl (C=O) groups is 2. The Morgan fingerprint density at radius 2 is 2.03 bits per heavy atom. The first-order valence-corrected chi connectivity index (χ1v) is 11.4. The average Bonchev–Trinajstić information content (AvgIpc) is 3.18. The van der Waals surface area contributed by atoms with Gasteiger partial charge in [-0.1, -0.05) is 12.1 Å². The Kier molecular flexibility index (Phi) is 6.20. The smallest absolute Gasteiger partial charge is 0.410 e. The van der Waals surface area contributed by atoms with Crippen LogP contribution in [0.4, 0.5) is 9.18 Å². The van der Waals surface area contributed by atoms with Crippen LogP contribution >= 0.6 is 11.3 Å². The van der Waals surface area contributed by atoms with Gasteiger partial charge in [0.15, 0.2) is 5.69 Å². The Hall–Kier alpha value is -3.27. The maximum Gasteiger partial charge on any atom is 0.410 e. The second kappa shape index (κ2) is 8.93. The summed E-state index contributed by atoms with van der Waals surface area (Å²) in [7, 11) is 0. The van der Waals surface area contributed by atoms with Gasteiger partial charge in [-0.2, -0.15) is 0 Å². The molecular weight excluding hydrogens is 449 g/mol. The molecule has 4 rings (SSSR count). The number of piperidine rings is 1. The molecule has 33 heavy (non-hydrogen) atoms. The highest BCUT2D eigenvalue weighted by Crippen LogP contribution is 2.39. The molecule has 1 N–H and O–H groups in total. The SMILES string of the molecule is CC(C)(C)OC(=O)N1CCCC(Oc2nnc(C(=O)O)c3sc(-c4cccc(F)c4)cc23)C1. The van der Waals surface area contributed by atoms with Crippen LogP contribution in [0.25, 0.3) is 20.5 Å². The number of fused-ring (bicyclic) bond motifs is 1. The first-order chi connectivity index (χ1) is 15.6. The topological polar surface area (TPSA) is 102 Å². The van der Waals surface area contributed by atoms with Gasteiger partial charge in [0.1, 0.15) is 17.5 Å². The number of aromatic nitrogens is 2. The van der Waals surface area contributed by atoms with Crippen LogP contribution in [0.2, 0.25) is 0 Å². The van der Waals surface area contributed by atoms with Gasteiger partial charge in [0.2, 0.25) is 5.88 Å². The molecule has 2 aromatic heterocycles. The Morgan fingerprint density at radius 3 is 2.73 bits per heavy atom. The average molecular weight is 474 g/mol. The van der Waals surface area contributed by atoms with Crippen molar-refractivity contribution in [2.75, 3.05) is 13.1 Å². The summed E-state index contributed by atoms with van der Waals surface area (Å²) in [5.74, 6) is -1.41. The predicted octanol–water partition coefficient (Wildman–Crippen LogP) is 4.97. The molecule has 1 fully saturated rings. The lowest BCUT2D eigenvalue weighted by molar-refractivity contribution is 0.00729. The van der Waals surface area contributed by atoms with Crippen molar-refractivity contribution in [1.29, 1.82) is 0 Å². The summed E-state index contributed by atoms with van der Waals surface area (Å²) in [5, 5.41) is 17.9. The van der Waals surface area contributed by atoms with Gasteiger partial charge in [0.05, 0.1) is 16.6 Å². The molecule has 10 heteroatoms. The molecule has 1 unspecified atom stereocenters. The van der Waals surface area contributed by atoms with Crippen LogP contribution in [-0.2, 0) is 4.74 Å². The Labute approximate surface area is 193 Å². The normalized spacial score (nSPS) is 16.6. The van der Waals surface area contributed by atoms with E-state index in [0.717, 1.165) is 6.42 Å². The molecule has 3 heterocycles. The van der Waals surface area contributed by atoms with E-state index in [-0.39, 0.29) is 23.5 Å². The second-order valence-corrected chi connectivity index (χ2v) is 9.88. The fourth-order valence-electron chi connectivity index (χ4n) is 3.62. The molecule has 8 nitrogen and oxygen atoms in total. The van der Waals surface area contributed by atoms with E-state index < -0.39 is 17.7 Å². The van der Waals surface area contributed by atoms with Gasteiger partial charge in [0, 0.05) is 11.4 Å². The Balaban J connectivity index is 1.63. The zero-order valence-electron chi connectivity index (χ0n) is 18.5. The van der Waals surface area contributed by atoms with Crippen LogP contribution in [0, 0.1) is 5.82 Å². The van der Waals surface area contributed by atoms with E-state index in [1.807, 2.05) is 20.8 Å². The van der Waals surface area contributed by atoms with Crippen LogP contribution in [0.3, 0.4) is 0 Å². The molecule has 0 spiro atoms. The van der Waals surface area contributed by atoms with Crippen molar-refractivity contribution in [3.8, 4) is 16.3 Å². The van der Waals surface area contributed by atoms with E-state index in [4.69, 9.17) is 9.47 Å². The third kappa shape index (κ3) is 5.22. The predicted molar refractivity (Wildman–Crippen MR) is 121 cm³/mol. The van der Waals surface area contributed by atoms with E-state index in [9.17, 15) is 19.1 Å². The van der Waals surface area contributed by atoms with E-state index in [1.165, 1.54) is 23.5 Å². The number of ether oxygens (including phenoxy) is 2. The van der Waals surface area contributed by atoms with Crippen molar-refractivity contribution in [3.05, 3.63) is 41.8 Å². The summed E-state index contributed by atoms with van der Waals surface area (Å²) in [6.07, 6.45) is 0.671. The van der Waals surface area contributed by atoms with Crippen LogP contribution in [0.5, 0.6) is 5.88 Å². The third-order valence-corrected chi connectivity index (χ3v) is 6.23. The molecule has 0 aliphatic carbocycles. The minimum atomic E-state index is -1.21. The van der Waals surface area contributed by atoms with Gasteiger partial charge in [-0.25, -0.2) is 14.0 Å². The molecule has 1 aliphatic heterocycles. The number of hydrogen-bond donors (Lipinski definition) is 1. The number of amides is 1. The fraction of sp³-hybridized carbons (Fsp3) is 0.391. The largest absolute Gasteiger partial charge is 0.476 e. The summed E-state index contributed by atoms with van der Waals surface area (Å²) in [6.45, 7) is 6.32. The number of hydrogen-bond acceptors (Lipinski definition) is 7. The van der Waals surface area contributed by atoms with Crippen LogP contribution in [0.1, 0.15) is 44.1 Å². The first kappa shape index (κ1) is 22.9. The number of carboxylic acids is 1. The van der Waals surface area contributed by atoms with Crippen molar-refractivity contribution in [2.24, 2.45) is 0 Å². The standard InChI is InChI=1S/C23H24FN3O5S/c1-23(2,3)32-22(30)27-9-5-8-15(12-27)31-20-16-11-17(13-6-4-7-14(24)10-13)33-19(16)18(21(28)29)25-26-20/h4,6-7,10-11,15H,5,8-9,12H2,1-3H3,(H,28,29). The number of rotatable bonds is 4. The minimum Gasteiger partial charge on any atom is -0.476 e. The van der Waals surface area contributed by atoms with Crippen LogP contribution in [-0.4, -0.2) is 57.1 Å². The Morgan fingerprint density at radius 1 is 1.24 bits per heavy atom. The highest BCUT2D eigenvalue weighted by Gasteiger charge is 2.30. The third-order valence-electron chi connectivity index (χ3n) is 5.04. The van der Waals surface area contributed by atoms with Crippen LogP contribution in [0.15, 0.2) is 30.3 Å². The lowest BCUT2D eigenvalue weighted by Gasteiger charge is -2.33. The highest BCUT2D eigenvalue weighted by molar-refractivity contribution is 7.22. The number of nitrogens with zero attached hydrogens (tertiary/aromatic N) is 3. The second-order valence-electron chi connectivity index (χ2n) is 8.83. The van der Waals surface area contributed by atoms with Gasteiger partial charge >= 0.3 is 12.1 Å². The van der Waals surface area contributed by atoms with Crippen molar-refractivity contribution < 1.29 is 28.6 Å². The van der Waals surface area contributed by atoms with E-state index >= 15 is 0 Å². The maximum absolute atomic E-state index is 13.7. The van der Waals surface area contributed by atoms with Gasteiger partial charge < -0.3 is 19.5 Å². The number of benzene rings is 1. The molecule has 174 valence electrons. The summed E-state index contributed by atoms with van der Waals surface area (Å²) in [5.41, 5.74) is -0.171. The summed E-state index contributed by atoms with van der Waals surface area (Å²) < 4.78 is 25.7. The van der Waals surface area contributed by atoms with Gasteiger partial charge in [-0.15, -0.1) is 21.5 Å². The lowest BCUT2D eigenvalue weighted by Crippen LogP contribution is -2.46. The first-order valence-electron chi connectivity index (χ1n) is 10.5. The summed E-state index contributed by atoms with van der Waals surface area (Å²) >= 11 is 1.19. The van der Waals surface area contributed by atoms with Gasteiger partial charge in [0.25, 0.3) is 0 Å². The molecule has 0 radical (unpaired) electrons. The molecular formula is C23H24FN3O5S. The maximum atomic E-state index is 13.7. The molecule has 1 amide bonds. The molecule has 1 aliphatic rings. The number of likely N-dealkylation sites (tertiary alicyclic amines) is 1. The van der Waals surface area contributed by atoms with Crippen molar-refractivity contribution in [1.82, 2.24) is 15.1 Å².